The smallest absolute Gasteiger partial charge is 0.356 e. The molecule has 6 nitrogen and oxygen atoms in total. The number of hydrogen-bond donors (Lipinski definition) is 2. The van der Waals surface area contributed by atoms with Crippen molar-refractivity contribution < 1.29 is 19.0 Å². The second-order valence-electron chi connectivity index (χ2n) is 8.37. The maximum atomic E-state index is 15.0. The Labute approximate surface area is 218 Å². The lowest BCUT2D eigenvalue weighted by Gasteiger charge is -2.26. The van der Waals surface area contributed by atoms with Gasteiger partial charge in [-0.05, 0) is 55.8 Å². The SMILES string of the molecule is COc1ccccc1-c1nc(C(=O)O)c(C(Nc2cccc(Cl)c2F)c2ccc(Cl)cc2)n1C(C)C. The second-order valence-corrected chi connectivity index (χ2v) is 9.21. The number of anilines is 1. The highest BCUT2D eigenvalue weighted by molar-refractivity contribution is 6.31. The van der Waals surface area contributed by atoms with Gasteiger partial charge in [-0.1, -0.05) is 53.5 Å². The first kappa shape index (κ1) is 25.5. The molecule has 1 unspecified atom stereocenters. The Morgan fingerprint density at radius 2 is 1.75 bits per heavy atom. The molecule has 1 atom stereocenters. The molecule has 186 valence electrons. The van der Waals surface area contributed by atoms with Crippen LogP contribution in [0.25, 0.3) is 11.4 Å². The number of rotatable bonds is 8. The fraction of sp³-hybridized carbons (Fsp3) is 0.185. The van der Waals surface area contributed by atoms with Crippen LogP contribution in [0, 0.1) is 5.82 Å². The third kappa shape index (κ3) is 4.90. The number of aromatic carboxylic acids is 1. The van der Waals surface area contributed by atoms with Crippen LogP contribution in [0.3, 0.4) is 0 Å². The predicted octanol–water partition coefficient (Wildman–Crippen LogP) is 7.49. The molecule has 1 aromatic heterocycles. The number of carboxylic acids is 1. The number of ether oxygens (including phenoxy) is 1. The number of hydrogen-bond acceptors (Lipinski definition) is 4. The first-order valence-electron chi connectivity index (χ1n) is 11.2. The summed E-state index contributed by atoms with van der Waals surface area (Å²) in [6.45, 7) is 3.85. The summed E-state index contributed by atoms with van der Waals surface area (Å²) >= 11 is 12.2. The highest BCUT2D eigenvalue weighted by atomic mass is 35.5. The van der Waals surface area contributed by atoms with E-state index in [0.29, 0.717) is 33.4 Å². The highest BCUT2D eigenvalue weighted by Crippen LogP contribution is 2.39. The van der Waals surface area contributed by atoms with Crippen molar-refractivity contribution in [2.75, 3.05) is 12.4 Å². The number of benzene rings is 3. The molecule has 9 heteroatoms. The van der Waals surface area contributed by atoms with Gasteiger partial charge < -0.3 is 19.7 Å². The summed E-state index contributed by atoms with van der Waals surface area (Å²) < 4.78 is 22.3. The number of halogens is 3. The molecule has 0 fully saturated rings. The van der Waals surface area contributed by atoms with Gasteiger partial charge >= 0.3 is 5.97 Å². The molecule has 3 aromatic carbocycles. The molecule has 0 bridgehead atoms. The number of methoxy groups -OCH3 is 1. The van der Waals surface area contributed by atoms with E-state index >= 15 is 0 Å². The van der Waals surface area contributed by atoms with E-state index in [1.165, 1.54) is 6.07 Å². The Morgan fingerprint density at radius 3 is 2.39 bits per heavy atom. The average Bonchev–Trinajstić information content (AvgIpc) is 3.26. The van der Waals surface area contributed by atoms with Gasteiger partial charge in [0.25, 0.3) is 0 Å². The number of carbonyl (C=O) groups is 1. The van der Waals surface area contributed by atoms with Crippen LogP contribution in [0.5, 0.6) is 5.75 Å². The fourth-order valence-electron chi connectivity index (χ4n) is 4.16. The molecular formula is C27H24Cl2FN3O3. The van der Waals surface area contributed by atoms with Crippen molar-refractivity contribution in [1.82, 2.24) is 9.55 Å². The first-order valence-corrected chi connectivity index (χ1v) is 11.9. The zero-order valence-corrected chi connectivity index (χ0v) is 21.3. The van der Waals surface area contributed by atoms with E-state index in [1.54, 1.807) is 49.6 Å². The van der Waals surface area contributed by atoms with Crippen LogP contribution in [0.2, 0.25) is 10.0 Å². The molecule has 36 heavy (non-hydrogen) atoms. The highest BCUT2D eigenvalue weighted by Gasteiger charge is 2.32. The number of nitrogens with one attached hydrogen (secondary N) is 1. The van der Waals surface area contributed by atoms with Crippen LogP contribution in [-0.4, -0.2) is 27.7 Å². The lowest BCUT2D eigenvalue weighted by atomic mass is 10.0. The third-order valence-electron chi connectivity index (χ3n) is 5.74. The van der Waals surface area contributed by atoms with E-state index < -0.39 is 17.8 Å². The van der Waals surface area contributed by atoms with E-state index in [2.05, 4.69) is 10.3 Å². The van der Waals surface area contributed by atoms with Gasteiger partial charge in [0.2, 0.25) is 0 Å². The fourth-order valence-corrected chi connectivity index (χ4v) is 4.46. The van der Waals surface area contributed by atoms with Gasteiger partial charge in [0.05, 0.1) is 35.1 Å². The zero-order valence-electron chi connectivity index (χ0n) is 19.8. The van der Waals surface area contributed by atoms with Crippen LogP contribution in [0.15, 0.2) is 66.7 Å². The molecule has 0 spiro atoms. The van der Waals surface area contributed by atoms with Crippen LogP contribution >= 0.6 is 23.2 Å². The van der Waals surface area contributed by atoms with Gasteiger partial charge in [0.1, 0.15) is 11.6 Å². The van der Waals surface area contributed by atoms with Gasteiger partial charge in [-0.2, -0.15) is 0 Å². The van der Waals surface area contributed by atoms with E-state index in [1.807, 2.05) is 36.6 Å². The van der Waals surface area contributed by atoms with Crippen molar-refractivity contribution in [3.05, 3.63) is 99.5 Å². The van der Waals surface area contributed by atoms with Crippen molar-refractivity contribution >= 4 is 34.9 Å². The van der Waals surface area contributed by atoms with Crippen LogP contribution in [0.1, 0.15) is 47.7 Å². The Bertz CT molecular complexity index is 1400. The molecule has 2 N–H and O–H groups in total. The van der Waals surface area contributed by atoms with E-state index in [9.17, 15) is 14.3 Å². The molecule has 0 saturated heterocycles. The van der Waals surface area contributed by atoms with Crippen molar-refractivity contribution in [2.24, 2.45) is 0 Å². The summed E-state index contributed by atoms with van der Waals surface area (Å²) in [6.07, 6.45) is 0. The Hall–Kier alpha value is -3.55. The Kier molecular flexibility index (Phi) is 7.52. The molecule has 4 aromatic rings. The second kappa shape index (κ2) is 10.6. The third-order valence-corrected chi connectivity index (χ3v) is 6.29. The lowest BCUT2D eigenvalue weighted by molar-refractivity contribution is 0.0689. The van der Waals surface area contributed by atoms with E-state index in [0.717, 1.165) is 0 Å². The molecule has 0 amide bonds. The van der Waals surface area contributed by atoms with Gasteiger partial charge in [-0.15, -0.1) is 0 Å². The molecule has 0 saturated carbocycles. The molecular weight excluding hydrogens is 504 g/mol. The monoisotopic (exact) mass is 527 g/mol. The average molecular weight is 528 g/mol. The van der Waals surface area contributed by atoms with Crippen LogP contribution in [-0.2, 0) is 0 Å². The quantitative estimate of drug-likeness (QED) is 0.248. The summed E-state index contributed by atoms with van der Waals surface area (Å²) in [5.74, 6) is -0.893. The number of carboxylic acid groups (broad SMARTS) is 1. The minimum Gasteiger partial charge on any atom is -0.496 e. The number of imidazole rings is 1. The zero-order chi connectivity index (χ0) is 26.0. The van der Waals surface area contributed by atoms with E-state index in [4.69, 9.17) is 27.9 Å². The Balaban J connectivity index is 2.03. The molecule has 1 heterocycles. The maximum absolute atomic E-state index is 15.0. The maximum Gasteiger partial charge on any atom is 0.356 e. The summed E-state index contributed by atoms with van der Waals surface area (Å²) in [6, 6.07) is 17.7. The van der Waals surface area contributed by atoms with Gasteiger partial charge in [-0.25, -0.2) is 14.2 Å². The van der Waals surface area contributed by atoms with E-state index in [-0.39, 0.29) is 22.4 Å². The van der Waals surface area contributed by atoms with Crippen LogP contribution in [0.4, 0.5) is 10.1 Å². The van der Waals surface area contributed by atoms with Gasteiger partial charge in [0, 0.05) is 11.1 Å². The molecule has 0 radical (unpaired) electrons. The number of para-hydroxylation sites is 1. The standard InChI is InChI=1S/C27H24Cl2FN3O3/c1-15(2)33-25(24(27(34)35)32-26(33)18-7-4-5-10-21(18)36-3)23(16-11-13-17(28)14-12-16)31-20-9-6-8-19(29)22(20)30/h4-15,23,31H,1-3H3,(H,34,35). The minimum atomic E-state index is -1.21. The van der Waals surface area contributed by atoms with Crippen molar-refractivity contribution in [3.63, 3.8) is 0 Å². The van der Waals surface area contributed by atoms with Crippen molar-refractivity contribution in [2.45, 2.75) is 25.9 Å². The summed E-state index contributed by atoms with van der Waals surface area (Å²) in [7, 11) is 1.54. The largest absolute Gasteiger partial charge is 0.496 e. The van der Waals surface area contributed by atoms with Crippen molar-refractivity contribution in [1.29, 1.82) is 0 Å². The normalized spacial score (nSPS) is 12.0. The summed E-state index contributed by atoms with van der Waals surface area (Å²) in [4.78, 5) is 17.1. The summed E-state index contributed by atoms with van der Waals surface area (Å²) in [5, 5.41) is 13.8. The number of nitrogens with zero attached hydrogens (tertiary/aromatic N) is 2. The summed E-state index contributed by atoms with van der Waals surface area (Å²) in [5.41, 5.74) is 1.59. The molecule has 0 aliphatic rings. The molecule has 0 aliphatic heterocycles. The molecule has 0 aliphatic carbocycles. The predicted molar refractivity (Wildman–Crippen MR) is 140 cm³/mol. The topological polar surface area (TPSA) is 76.4 Å². The van der Waals surface area contributed by atoms with Gasteiger partial charge in [0.15, 0.2) is 11.5 Å². The minimum absolute atomic E-state index is 0.0552. The first-order chi connectivity index (χ1) is 17.2. The number of aromatic nitrogens is 2. The van der Waals surface area contributed by atoms with Crippen LogP contribution < -0.4 is 10.1 Å². The van der Waals surface area contributed by atoms with Gasteiger partial charge in [-0.3, -0.25) is 0 Å². The Morgan fingerprint density at radius 1 is 1.06 bits per heavy atom. The van der Waals surface area contributed by atoms with Crippen molar-refractivity contribution in [3.8, 4) is 17.1 Å². The lowest BCUT2D eigenvalue weighted by Crippen LogP contribution is -2.21. The molecule has 4 rings (SSSR count).